The molecule has 3 nitrogen and oxygen atoms in total. The smallest absolute Gasteiger partial charge is 0.227 e. The Morgan fingerprint density at radius 3 is 2.44 bits per heavy atom. The van der Waals surface area contributed by atoms with Gasteiger partial charge in [0.2, 0.25) is 5.91 Å². The minimum Gasteiger partial charge on any atom is -0.396 e. The lowest BCUT2D eigenvalue weighted by Gasteiger charge is -2.24. The SMILES string of the molecule is CCC(C(=O)NCC(C)(C)CO)c1ccccc1. The quantitative estimate of drug-likeness (QED) is 0.813. The van der Waals surface area contributed by atoms with Gasteiger partial charge in [-0.1, -0.05) is 51.1 Å². The van der Waals surface area contributed by atoms with E-state index in [4.69, 9.17) is 5.11 Å². The van der Waals surface area contributed by atoms with Crippen molar-refractivity contribution in [3.05, 3.63) is 35.9 Å². The Labute approximate surface area is 109 Å². The molecule has 1 aromatic carbocycles. The van der Waals surface area contributed by atoms with E-state index in [1.54, 1.807) is 0 Å². The van der Waals surface area contributed by atoms with Gasteiger partial charge < -0.3 is 10.4 Å². The molecule has 0 heterocycles. The van der Waals surface area contributed by atoms with E-state index in [0.29, 0.717) is 6.54 Å². The first kappa shape index (κ1) is 14.7. The minimum atomic E-state index is -0.273. The molecule has 0 saturated heterocycles. The van der Waals surface area contributed by atoms with Crippen LogP contribution in [-0.4, -0.2) is 24.2 Å². The summed E-state index contributed by atoms with van der Waals surface area (Å²) in [5.41, 5.74) is 0.768. The average molecular weight is 249 g/mol. The van der Waals surface area contributed by atoms with Crippen LogP contribution in [0.3, 0.4) is 0 Å². The zero-order valence-corrected chi connectivity index (χ0v) is 11.4. The van der Waals surface area contributed by atoms with Crippen molar-refractivity contribution in [2.24, 2.45) is 5.41 Å². The summed E-state index contributed by atoms with van der Waals surface area (Å²) in [6.45, 7) is 6.42. The van der Waals surface area contributed by atoms with Gasteiger partial charge in [0, 0.05) is 18.6 Å². The number of benzene rings is 1. The summed E-state index contributed by atoms with van der Waals surface area (Å²) in [7, 11) is 0. The topological polar surface area (TPSA) is 49.3 Å². The molecule has 0 saturated carbocycles. The number of aliphatic hydroxyl groups is 1. The molecular formula is C15H23NO2. The van der Waals surface area contributed by atoms with Crippen molar-refractivity contribution in [2.45, 2.75) is 33.1 Å². The highest BCUT2D eigenvalue weighted by Crippen LogP contribution is 2.20. The summed E-state index contributed by atoms with van der Waals surface area (Å²) < 4.78 is 0. The molecule has 100 valence electrons. The summed E-state index contributed by atoms with van der Waals surface area (Å²) in [4.78, 5) is 12.1. The maximum Gasteiger partial charge on any atom is 0.227 e. The van der Waals surface area contributed by atoms with Crippen molar-refractivity contribution in [3.8, 4) is 0 Å². The lowest BCUT2D eigenvalue weighted by Crippen LogP contribution is -2.38. The van der Waals surface area contributed by atoms with E-state index >= 15 is 0 Å². The monoisotopic (exact) mass is 249 g/mol. The Bertz CT molecular complexity index is 373. The number of carbonyl (C=O) groups is 1. The highest BCUT2D eigenvalue weighted by atomic mass is 16.3. The van der Waals surface area contributed by atoms with Crippen molar-refractivity contribution < 1.29 is 9.90 Å². The van der Waals surface area contributed by atoms with Gasteiger partial charge in [0.15, 0.2) is 0 Å². The molecule has 1 amide bonds. The molecule has 2 N–H and O–H groups in total. The second-order valence-corrected chi connectivity index (χ2v) is 5.41. The van der Waals surface area contributed by atoms with Crippen LogP contribution in [0.2, 0.25) is 0 Å². The van der Waals surface area contributed by atoms with Crippen molar-refractivity contribution in [3.63, 3.8) is 0 Å². The molecule has 0 radical (unpaired) electrons. The summed E-state index contributed by atoms with van der Waals surface area (Å²) in [6, 6.07) is 9.80. The maximum absolute atomic E-state index is 12.1. The van der Waals surface area contributed by atoms with Gasteiger partial charge in [0.25, 0.3) is 0 Å². The molecular weight excluding hydrogens is 226 g/mol. The minimum absolute atomic E-state index is 0.0326. The zero-order chi connectivity index (χ0) is 13.6. The summed E-state index contributed by atoms with van der Waals surface area (Å²) in [5, 5.41) is 12.1. The van der Waals surface area contributed by atoms with Crippen LogP contribution < -0.4 is 5.32 Å². The van der Waals surface area contributed by atoms with E-state index < -0.39 is 0 Å². The molecule has 1 unspecified atom stereocenters. The normalized spacial score (nSPS) is 13.1. The van der Waals surface area contributed by atoms with Gasteiger partial charge in [-0.05, 0) is 12.0 Å². The van der Waals surface area contributed by atoms with Crippen molar-refractivity contribution in [2.75, 3.05) is 13.2 Å². The summed E-state index contributed by atoms with van der Waals surface area (Å²) in [6.07, 6.45) is 0.773. The first-order valence-electron chi connectivity index (χ1n) is 6.43. The first-order valence-corrected chi connectivity index (χ1v) is 6.43. The molecule has 3 heteroatoms. The van der Waals surface area contributed by atoms with Crippen LogP contribution >= 0.6 is 0 Å². The summed E-state index contributed by atoms with van der Waals surface area (Å²) >= 11 is 0. The Kier molecular flexibility index (Phi) is 5.35. The Morgan fingerprint density at radius 2 is 1.94 bits per heavy atom. The zero-order valence-electron chi connectivity index (χ0n) is 11.4. The lowest BCUT2D eigenvalue weighted by atomic mass is 9.92. The fraction of sp³-hybridized carbons (Fsp3) is 0.533. The summed E-state index contributed by atoms with van der Waals surface area (Å²) in [5.74, 6) is -0.0779. The second-order valence-electron chi connectivity index (χ2n) is 5.41. The molecule has 0 aliphatic rings. The average Bonchev–Trinajstić information content (AvgIpc) is 2.39. The third-order valence-corrected chi connectivity index (χ3v) is 3.10. The van der Waals surface area contributed by atoms with Gasteiger partial charge in [0.05, 0.1) is 5.92 Å². The van der Waals surface area contributed by atoms with Crippen LogP contribution in [0, 0.1) is 5.41 Å². The molecule has 0 aromatic heterocycles. The van der Waals surface area contributed by atoms with Crippen LogP contribution in [0.15, 0.2) is 30.3 Å². The maximum atomic E-state index is 12.1. The predicted octanol–water partition coefficient (Wildman–Crippen LogP) is 2.31. The molecule has 0 fully saturated rings. The van der Waals surface area contributed by atoms with Gasteiger partial charge in [-0.3, -0.25) is 4.79 Å². The lowest BCUT2D eigenvalue weighted by molar-refractivity contribution is -0.123. The van der Waals surface area contributed by atoms with E-state index in [1.807, 2.05) is 51.1 Å². The van der Waals surface area contributed by atoms with E-state index in [-0.39, 0.29) is 23.8 Å². The van der Waals surface area contributed by atoms with Crippen LogP contribution in [0.1, 0.15) is 38.7 Å². The van der Waals surface area contributed by atoms with E-state index in [9.17, 15) is 4.79 Å². The standard InChI is InChI=1S/C15H23NO2/c1-4-13(12-8-6-5-7-9-12)14(18)16-10-15(2,3)11-17/h5-9,13,17H,4,10-11H2,1-3H3,(H,16,18). The number of carbonyl (C=O) groups excluding carboxylic acids is 1. The highest BCUT2D eigenvalue weighted by molar-refractivity contribution is 5.83. The molecule has 1 aromatic rings. The van der Waals surface area contributed by atoms with Crippen LogP contribution in [0.5, 0.6) is 0 Å². The number of amides is 1. The molecule has 0 bridgehead atoms. The van der Waals surface area contributed by atoms with Gasteiger partial charge in [0.1, 0.15) is 0 Å². The Balaban J connectivity index is 2.64. The highest BCUT2D eigenvalue weighted by Gasteiger charge is 2.22. The van der Waals surface area contributed by atoms with Gasteiger partial charge in [-0.25, -0.2) is 0 Å². The fourth-order valence-corrected chi connectivity index (χ4v) is 1.76. The number of aliphatic hydroxyl groups excluding tert-OH is 1. The third-order valence-electron chi connectivity index (χ3n) is 3.10. The molecule has 0 aliphatic heterocycles. The second kappa shape index (κ2) is 6.55. The Morgan fingerprint density at radius 1 is 1.33 bits per heavy atom. The van der Waals surface area contributed by atoms with Gasteiger partial charge in [-0.15, -0.1) is 0 Å². The van der Waals surface area contributed by atoms with Crippen LogP contribution in [-0.2, 0) is 4.79 Å². The molecule has 1 rings (SSSR count). The number of nitrogens with one attached hydrogen (secondary N) is 1. The number of hydrogen-bond donors (Lipinski definition) is 2. The predicted molar refractivity (Wildman–Crippen MR) is 73.4 cm³/mol. The first-order chi connectivity index (χ1) is 8.50. The van der Waals surface area contributed by atoms with E-state index in [2.05, 4.69) is 5.32 Å². The molecule has 1 atom stereocenters. The van der Waals surface area contributed by atoms with E-state index in [1.165, 1.54) is 0 Å². The molecule has 0 aliphatic carbocycles. The number of rotatable bonds is 6. The Hall–Kier alpha value is -1.35. The largest absolute Gasteiger partial charge is 0.396 e. The van der Waals surface area contributed by atoms with Gasteiger partial charge in [-0.2, -0.15) is 0 Å². The van der Waals surface area contributed by atoms with Crippen LogP contribution in [0.4, 0.5) is 0 Å². The van der Waals surface area contributed by atoms with Gasteiger partial charge >= 0.3 is 0 Å². The van der Waals surface area contributed by atoms with Crippen LogP contribution in [0.25, 0.3) is 0 Å². The number of hydrogen-bond acceptors (Lipinski definition) is 2. The van der Waals surface area contributed by atoms with E-state index in [0.717, 1.165) is 12.0 Å². The van der Waals surface area contributed by atoms with Crippen molar-refractivity contribution >= 4 is 5.91 Å². The molecule has 18 heavy (non-hydrogen) atoms. The molecule has 0 spiro atoms. The van der Waals surface area contributed by atoms with Crippen molar-refractivity contribution in [1.82, 2.24) is 5.32 Å². The van der Waals surface area contributed by atoms with Crippen molar-refractivity contribution in [1.29, 1.82) is 0 Å². The third kappa shape index (κ3) is 4.15. The fourth-order valence-electron chi connectivity index (χ4n) is 1.76.